The molecule has 2 unspecified atom stereocenters. The van der Waals surface area contributed by atoms with E-state index in [-0.39, 0.29) is 11.9 Å². The van der Waals surface area contributed by atoms with E-state index in [1.165, 1.54) is 0 Å². The van der Waals surface area contributed by atoms with Crippen molar-refractivity contribution in [2.45, 2.75) is 39.3 Å². The van der Waals surface area contributed by atoms with Crippen LogP contribution in [0.5, 0.6) is 5.75 Å². The molecule has 1 aromatic carbocycles. The van der Waals surface area contributed by atoms with Gasteiger partial charge in [0, 0.05) is 17.6 Å². The second-order valence-electron chi connectivity index (χ2n) is 5.29. The summed E-state index contributed by atoms with van der Waals surface area (Å²) >= 11 is 5.87. The Morgan fingerprint density at radius 3 is 2.65 bits per heavy atom. The van der Waals surface area contributed by atoms with Gasteiger partial charge in [-0.3, -0.25) is 4.79 Å². The number of hydrogen-bond donors (Lipinski definition) is 2. The normalized spacial score (nSPS) is 13.9. The van der Waals surface area contributed by atoms with Gasteiger partial charge in [0.2, 0.25) is 0 Å². The van der Waals surface area contributed by atoms with Gasteiger partial charge >= 0.3 is 0 Å². The maximum absolute atomic E-state index is 12.1. The summed E-state index contributed by atoms with van der Waals surface area (Å²) in [4.78, 5) is 12.1. The van der Waals surface area contributed by atoms with Crippen LogP contribution in [-0.2, 0) is 4.79 Å². The number of nitrogens with two attached hydrogens (primary N) is 1. The van der Waals surface area contributed by atoms with E-state index < -0.39 is 6.10 Å². The Kier molecular flexibility index (Phi) is 6.82. The van der Waals surface area contributed by atoms with Crippen LogP contribution >= 0.6 is 11.6 Å². The number of carbonyl (C=O) groups excluding carboxylic acids is 1. The maximum Gasteiger partial charge on any atom is 0.261 e. The van der Waals surface area contributed by atoms with E-state index >= 15 is 0 Å². The number of benzene rings is 1. The van der Waals surface area contributed by atoms with E-state index in [4.69, 9.17) is 22.1 Å². The first-order chi connectivity index (χ1) is 9.42. The topological polar surface area (TPSA) is 64.3 Å². The highest BCUT2D eigenvalue weighted by Gasteiger charge is 2.19. The lowest BCUT2D eigenvalue weighted by Gasteiger charge is -2.21. The Balaban J connectivity index is 2.54. The van der Waals surface area contributed by atoms with Gasteiger partial charge in [-0.15, -0.1) is 0 Å². The third-order valence-electron chi connectivity index (χ3n) is 2.86. The highest BCUT2D eigenvalue weighted by molar-refractivity contribution is 6.30. The Bertz CT molecular complexity index is 438. The van der Waals surface area contributed by atoms with Gasteiger partial charge in [-0.05, 0) is 37.5 Å². The molecule has 2 atom stereocenters. The molecule has 0 spiro atoms. The summed E-state index contributed by atoms with van der Waals surface area (Å²) in [7, 11) is 0. The fourth-order valence-corrected chi connectivity index (χ4v) is 2.08. The quantitative estimate of drug-likeness (QED) is 0.813. The number of ether oxygens (including phenoxy) is 1. The highest BCUT2D eigenvalue weighted by atomic mass is 35.5. The van der Waals surface area contributed by atoms with Gasteiger partial charge in [0.15, 0.2) is 6.10 Å². The van der Waals surface area contributed by atoms with Crippen molar-refractivity contribution in [2.24, 2.45) is 11.7 Å². The van der Waals surface area contributed by atoms with E-state index in [1.54, 1.807) is 31.2 Å². The second kappa shape index (κ2) is 8.12. The third-order valence-corrected chi connectivity index (χ3v) is 3.10. The van der Waals surface area contributed by atoms with Gasteiger partial charge in [0.05, 0.1) is 0 Å². The number of amides is 1. The van der Waals surface area contributed by atoms with Crippen molar-refractivity contribution in [1.29, 1.82) is 0 Å². The molecule has 20 heavy (non-hydrogen) atoms. The monoisotopic (exact) mass is 298 g/mol. The van der Waals surface area contributed by atoms with Crippen LogP contribution in [0.4, 0.5) is 0 Å². The molecule has 3 N–H and O–H groups in total. The molecule has 0 fully saturated rings. The molecule has 5 heteroatoms. The highest BCUT2D eigenvalue weighted by Crippen LogP contribution is 2.18. The minimum atomic E-state index is -0.588. The molecule has 0 aromatic heterocycles. The van der Waals surface area contributed by atoms with Gasteiger partial charge in [0.1, 0.15) is 5.75 Å². The smallest absolute Gasteiger partial charge is 0.261 e. The lowest BCUT2D eigenvalue weighted by Crippen LogP contribution is -2.46. The molecule has 1 amide bonds. The number of carbonyl (C=O) groups is 1. The first-order valence-electron chi connectivity index (χ1n) is 6.85. The average molecular weight is 299 g/mol. The van der Waals surface area contributed by atoms with Crippen LogP contribution in [0.2, 0.25) is 5.02 Å². The predicted molar refractivity (Wildman–Crippen MR) is 82.0 cm³/mol. The van der Waals surface area contributed by atoms with Crippen molar-refractivity contribution in [2.75, 3.05) is 6.54 Å². The molecule has 0 saturated carbocycles. The molecule has 4 nitrogen and oxygen atoms in total. The standard InChI is InChI=1S/C15H23ClN2O2/c1-10(2)7-13(9-17)18-15(19)11(3)20-14-6-4-5-12(16)8-14/h4-6,8,10-11,13H,7,9,17H2,1-3H3,(H,18,19). The largest absolute Gasteiger partial charge is 0.481 e. The Hall–Kier alpha value is -1.26. The number of halogens is 1. The van der Waals surface area contributed by atoms with Gasteiger partial charge in [-0.2, -0.15) is 0 Å². The van der Waals surface area contributed by atoms with Crippen LogP contribution in [0.25, 0.3) is 0 Å². The first kappa shape index (κ1) is 16.8. The first-order valence-corrected chi connectivity index (χ1v) is 7.22. The van der Waals surface area contributed by atoms with Gasteiger partial charge in [-0.1, -0.05) is 31.5 Å². The molecule has 0 saturated heterocycles. The Morgan fingerprint density at radius 2 is 2.10 bits per heavy atom. The molecule has 0 aliphatic rings. The molecule has 112 valence electrons. The van der Waals surface area contributed by atoms with Crippen LogP contribution in [0, 0.1) is 5.92 Å². The summed E-state index contributed by atoms with van der Waals surface area (Å²) < 4.78 is 5.57. The zero-order valence-electron chi connectivity index (χ0n) is 12.2. The van der Waals surface area contributed by atoms with E-state index in [9.17, 15) is 4.79 Å². The molecule has 0 bridgehead atoms. The van der Waals surface area contributed by atoms with Crippen molar-refractivity contribution in [3.05, 3.63) is 29.3 Å². The van der Waals surface area contributed by atoms with Gasteiger partial charge in [0.25, 0.3) is 5.91 Å². The van der Waals surface area contributed by atoms with Crippen LogP contribution in [0.15, 0.2) is 24.3 Å². The molecule has 0 heterocycles. The Morgan fingerprint density at radius 1 is 1.40 bits per heavy atom. The predicted octanol–water partition coefficient (Wildman–Crippen LogP) is 2.60. The van der Waals surface area contributed by atoms with Gasteiger partial charge < -0.3 is 15.8 Å². The maximum atomic E-state index is 12.1. The third kappa shape index (κ3) is 5.80. The van der Waals surface area contributed by atoms with E-state index in [0.29, 0.717) is 23.2 Å². The van der Waals surface area contributed by atoms with Crippen molar-refractivity contribution in [1.82, 2.24) is 5.32 Å². The molecular formula is C15H23ClN2O2. The summed E-state index contributed by atoms with van der Waals surface area (Å²) in [5.41, 5.74) is 5.67. The summed E-state index contributed by atoms with van der Waals surface area (Å²) in [5, 5.41) is 3.49. The average Bonchev–Trinajstić information content (AvgIpc) is 2.37. The molecule has 0 radical (unpaired) electrons. The minimum Gasteiger partial charge on any atom is -0.481 e. The van der Waals surface area contributed by atoms with Crippen molar-refractivity contribution in [3.63, 3.8) is 0 Å². The fraction of sp³-hybridized carbons (Fsp3) is 0.533. The van der Waals surface area contributed by atoms with E-state index in [0.717, 1.165) is 6.42 Å². The minimum absolute atomic E-state index is 0.0205. The van der Waals surface area contributed by atoms with E-state index in [2.05, 4.69) is 19.2 Å². The lowest BCUT2D eigenvalue weighted by molar-refractivity contribution is -0.128. The molecule has 0 aliphatic heterocycles. The molecular weight excluding hydrogens is 276 g/mol. The van der Waals surface area contributed by atoms with Gasteiger partial charge in [-0.25, -0.2) is 0 Å². The number of rotatable bonds is 7. The summed E-state index contributed by atoms with van der Waals surface area (Å²) in [6, 6.07) is 6.97. The molecule has 0 aliphatic carbocycles. The number of hydrogen-bond acceptors (Lipinski definition) is 3. The van der Waals surface area contributed by atoms with Crippen molar-refractivity contribution >= 4 is 17.5 Å². The van der Waals surface area contributed by atoms with Crippen LogP contribution in [0.3, 0.4) is 0 Å². The van der Waals surface area contributed by atoms with Crippen LogP contribution in [0.1, 0.15) is 27.2 Å². The summed E-state index contributed by atoms with van der Waals surface area (Å²) in [6.45, 7) is 6.33. The lowest BCUT2D eigenvalue weighted by atomic mass is 10.0. The van der Waals surface area contributed by atoms with Crippen LogP contribution < -0.4 is 15.8 Å². The molecule has 1 aromatic rings. The molecule has 1 rings (SSSR count). The second-order valence-corrected chi connectivity index (χ2v) is 5.72. The summed E-state index contributed by atoms with van der Waals surface area (Å²) in [5.74, 6) is 0.891. The van der Waals surface area contributed by atoms with E-state index in [1.807, 2.05) is 0 Å². The Labute approximate surface area is 125 Å². The number of nitrogens with one attached hydrogen (secondary N) is 1. The SMILES string of the molecule is CC(C)CC(CN)NC(=O)C(C)Oc1cccc(Cl)c1. The fourth-order valence-electron chi connectivity index (χ4n) is 1.90. The van der Waals surface area contributed by atoms with Crippen molar-refractivity contribution < 1.29 is 9.53 Å². The van der Waals surface area contributed by atoms with Crippen LogP contribution in [-0.4, -0.2) is 24.6 Å². The summed E-state index contributed by atoms with van der Waals surface area (Å²) in [6.07, 6.45) is 0.265. The zero-order valence-corrected chi connectivity index (χ0v) is 13.0. The van der Waals surface area contributed by atoms with Crippen molar-refractivity contribution in [3.8, 4) is 5.75 Å². The zero-order chi connectivity index (χ0) is 15.1.